The minimum atomic E-state index is -0.918. The number of nitrogens with two attached hydrogens (primary N) is 1. The highest BCUT2D eigenvalue weighted by Crippen LogP contribution is 2.35. The van der Waals surface area contributed by atoms with Gasteiger partial charge in [0.2, 0.25) is 5.91 Å². The van der Waals surface area contributed by atoms with Gasteiger partial charge in [0, 0.05) is 24.1 Å². The van der Waals surface area contributed by atoms with E-state index in [1.807, 2.05) is 13.8 Å². The fourth-order valence-corrected chi connectivity index (χ4v) is 2.52. The second-order valence-corrected chi connectivity index (χ2v) is 4.85. The number of nitrogens with zero attached hydrogens (tertiary/aromatic N) is 1. The van der Waals surface area contributed by atoms with Crippen molar-refractivity contribution < 1.29 is 13.6 Å². The molecule has 1 aromatic rings. The maximum Gasteiger partial charge on any atom is 0.225 e. The molecule has 3 nitrogen and oxygen atoms in total. The Hall–Kier alpha value is -1.49. The van der Waals surface area contributed by atoms with Gasteiger partial charge in [-0.05, 0) is 19.9 Å². The van der Waals surface area contributed by atoms with Crippen molar-refractivity contribution in [1.82, 2.24) is 4.90 Å². The number of amides is 1. The van der Waals surface area contributed by atoms with Crippen LogP contribution < -0.4 is 5.73 Å². The average Bonchev–Trinajstić information content (AvgIpc) is 2.57. The van der Waals surface area contributed by atoms with Crippen molar-refractivity contribution in [1.29, 1.82) is 0 Å². The highest BCUT2D eigenvalue weighted by atomic mass is 19.2. The molecule has 1 heterocycles. The molecule has 5 heteroatoms. The van der Waals surface area contributed by atoms with Crippen LogP contribution in [0.3, 0.4) is 0 Å². The first-order valence-electron chi connectivity index (χ1n) is 5.94. The minimum absolute atomic E-state index is 0.0984. The maximum atomic E-state index is 13.8. The average molecular weight is 254 g/mol. The van der Waals surface area contributed by atoms with Gasteiger partial charge in [0.25, 0.3) is 0 Å². The molecule has 18 heavy (non-hydrogen) atoms. The lowest BCUT2D eigenvalue weighted by Crippen LogP contribution is -2.38. The van der Waals surface area contributed by atoms with Crippen LogP contribution in [0.25, 0.3) is 0 Å². The summed E-state index contributed by atoms with van der Waals surface area (Å²) >= 11 is 0. The van der Waals surface area contributed by atoms with Crippen LogP contribution in [0.5, 0.6) is 0 Å². The molecule has 1 fully saturated rings. The Morgan fingerprint density at radius 2 is 2.06 bits per heavy atom. The summed E-state index contributed by atoms with van der Waals surface area (Å²) in [5.41, 5.74) is 6.05. The van der Waals surface area contributed by atoms with Crippen LogP contribution in [0.15, 0.2) is 18.2 Å². The topological polar surface area (TPSA) is 46.3 Å². The van der Waals surface area contributed by atoms with Crippen molar-refractivity contribution in [2.45, 2.75) is 38.4 Å². The molecule has 2 rings (SSSR count). The molecule has 0 saturated carbocycles. The van der Waals surface area contributed by atoms with Gasteiger partial charge in [-0.15, -0.1) is 0 Å². The molecule has 1 saturated heterocycles. The van der Waals surface area contributed by atoms with Gasteiger partial charge in [-0.3, -0.25) is 4.79 Å². The predicted molar refractivity (Wildman–Crippen MR) is 63.7 cm³/mol. The number of carbonyl (C=O) groups is 1. The molecule has 1 aliphatic heterocycles. The molecular formula is C13H16F2N2O. The Balaban J connectivity index is 2.47. The second-order valence-electron chi connectivity index (χ2n) is 4.85. The molecule has 1 amide bonds. The molecule has 2 N–H and O–H groups in total. The molecule has 0 aromatic heterocycles. The number of likely N-dealkylation sites (tertiary alicyclic amines) is 1. The lowest BCUT2D eigenvalue weighted by molar-refractivity contribution is -0.130. The van der Waals surface area contributed by atoms with E-state index in [9.17, 15) is 13.6 Å². The van der Waals surface area contributed by atoms with Crippen LogP contribution in [0.1, 0.15) is 31.9 Å². The third kappa shape index (κ3) is 1.99. The van der Waals surface area contributed by atoms with E-state index in [0.717, 1.165) is 6.07 Å². The van der Waals surface area contributed by atoms with Crippen molar-refractivity contribution in [2.75, 3.05) is 0 Å². The molecule has 2 unspecified atom stereocenters. The molecule has 0 bridgehead atoms. The van der Waals surface area contributed by atoms with Crippen molar-refractivity contribution in [3.63, 3.8) is 0 Å². The van der Waals surface area contributed by atoms with Gasteiger partial charge in [-0.2, -0.15) is 0 Å². The van der Waals surface area contributed by atoms with Crippen LogP contribution in [0, 0.1) is 11.6 Å². The molecule has 1 aromatic carbocycles. The first-order valence-corrected chi connectivity index (χ1v) is 5.94. The zero-order valence-electron chi connectivity index (χ0n) is 10.4. The van der Waals surface area contributed by atoms with Crippen LogP contribution in [0.2, 0.25) is 0 Å². The number of halogens is 2. The Kier molecular flexibility index (Phi) is 3.34. The Labute approximate surface area is 105 Å². The lowest BCUT2D eigenvalue weighted by Gasteiger charge is -2.30. The number of hydrogen-bond acceptors (Lipinski definition) is 2. The largest absolute Gasteiger partial charge is 0.331 e. The molecule has 2 atom stereocenters. The van der Waals surface area contributed by atoms with E-state index >= 15 is 0 Å². The minimum Gasteiger partial charge on any atom is -0.331 e. The first-order chi connectivity index (χ1) is 8.43. The van der Waals surface area contributed by atoms with E-state index in [-0.39, 0.29) is 23.9 Å². The smallest absolute Gasteiger partial charge is 0.225 e. The van der Waals surface area contributed by atoms with E-state index in [1.54, 1.807) is 0 Å². The van der Waals surface area contributed by atoms with Gasteiger partial charge in [0.15, 0.2) is 11.6 Å². The number of hydrogen-bond donors (Lipinski definition) is 1. The van der Waals surface area contributed by atoms with Crippen LogP contribution in [-0.4, -0.2) is 22.9 Å². The van der Waals surface area contributed by atoms with Crippen LogP contribution in [0.4, 0.5) is 8.78 Å². The Morgan fingerprint density at radius 3 is 2.67 bits per heavy atom. The molecule has 1 aliphatic rings. The van der Waals surface area contributed by atoms with Gasteiger partial charge in [-0.25, -0.2) is 8.78 Å². The molecular weight excluding hydrogens is 238 g/mol. The molecule has 98 valence electrons. The van der Waals surface area contributed by atoms with E-state index in [2.05, 4.69) is 0 Å². The number of rotatable bonds is 2. The normalized spacial score (nSPS) is 24.1. The summed E-state index contributed by atoms with van der Waals surface area (Å²) in [6.07, 6.45) is 0.165. The standard InChI is InChI=1S/C13H16F2N2O/c1-7(2)17-11(18)6-10(16)13(17)8-4-3-5-9(14)12(8)15/h3-5,7,10,13H,6,16H2,1-2H3. The summed E-state index contributed by atoms with van der Waals surface area (Å²) in [6.45, 7) is 3.67. The van der Waals surface area contributed by atoms with Crippen molar-refractivity contribution in [3.8, 4) is 0 Å². The van der Waals surface area contributed by atoms with E-state index in [0.29, 0.717) is 0 Å². The summed E-state index contributed by atoms with van der Waals surface area (Å²) in [4.78, 5) is 13.4. The maximum absolute atomic E-state index is 13.8. The van der Waals surface area contributed by atoms with E-state index in [1.165, 1.54) is 17.0 Å². The van der Waals surface area contributed by atoms with Gasteiger partial charge in [-0.1, -0.05) is 12.1 Å². The van der Waals surface area contributed by atoms with E-state index < -0.39 is 23.7 Å². The first kappa shape index (κ1) is 13.0. The summed E-state index contributed by atoms with van der Waals surface area (Å²) < 4.78 is 27.1. The SMILES string of the molecule is CC(C)N1C(=O)CC(N)C1c1cccc(F)c1F. The Morgan fingerprint density at radius 1 is 1.39 bits per heavy atom. The fraction of sp³-hybridized carbons (Fsp3) is 0.462. The predicted octanol–water partition coefficient (Wildman–Crippen LogP) is 1.97. The summed E-state index contributed by atoms with van der Waals surface area (Å²) in [6, 6.07) is 2.78. The van der Waals surface area contributed by atoms with Gasteiger partial charge in [0.05, 0.1) is 6.04 Å². The molecule has 0 aliphatic carbocycles. The quantitative estimate of drug-likeness (QED) is 0.877. The third-order valence-corrected chi connectivity index (χ3v) is 3.26. The lowest BCUT2D eigenvalue weighted by atomic mass is 9.99. The highest BCUT2D eigenvalue weighted by molar-refractivity contribution is 5.80. The molecule has 0 radical (unpaired) electrons. The summed E-state index contributed by atoms with van der Waals surface area (Å²) in [7, 11) is 0. The van der Waals surface area contributed by atoms with Crippen molar-refractivity contribution >= 4 is 5.91 Å². The Bertz CT molecular complexity index is 476. The van der Waals surface area contributed by atoms with Crippen molar-refractivity contribution in [3.05, 3.63) is 35.4 Å². The van der Waals surface area contributed by atoms with Crippen LogP contribution >= 0.6 is 0 Å². The van der Waals surface area contributed by atoms with Gasteiger partial charge >= 0.3 is 0 Å². The third-order valence-electron chi connectivity index (χ3n) is 3.26. The monoisotopic (exact) mass is 254 g/mol. The second kappa shape index (κ2) is 4.65. The summed E-state index contributed by atoms with van der Waals surface area (Å²) in [5, 5.41) is 0. The highest BCUT2D eigenvalue weighted by Gasteiger charge is 2.41. The zero-order chi connectivity index (χ0) is 13.4. The van der Waals surface area contributed by atoms with Crippen LogP contribution in [-0.2, 0) is 4.79 Å². The summed E-state index contributed by atoms with van der Waals surface area (Å²) in [5.74, 6) is -1.95. The van der Waals surface area contributed by atoms with Gasteiger partial charge in [0.1, 0.15) is 0 Å². The fourth-order valence-electron chi connectivity index (χ4n) is 2.52. The van der Waals surface area contributed by atoms with Crippen molar-refractivity contribution in [2.24, 2.45) is 5.73 Å². The van der Waals surface area contributed by atoms with E-state index in [4.69, 9.17) is 5.73 Å². The number of benzene rings is 1. The molecule has 0 spiro atoms. The van der Waals surface area contributed by atoms with Gasteiger partial charge < -0.3 is 10.6 Å². The number of carbonyl (C=O) groups excluding carboxylic acids is 1. The zero-order valence-corrected chi connectivity index (χ0v) is 10.4.